The zero-order chi connectivity index (χ0) is 19.1. The van der Waals surface area contributed by atoms with Crippen LogP contribution in [0.3, 0.4) is 0 Å². The van der Waals surface area contributed by atoms with Crippen LogP contribution in [0.25, 0.3) is 0 Å². The molecule has 0 unspecified atom stereocenters. The van der Waals surface area contributed by atoms with Gasteiger partial charge in [-0.15, -0.1) is 0 Å². The van der Waals surface area contributed by atoms with Gasteiger partial charge < -0.3 is 16.8 Å². The van der Waals surface area contributed by atoms with Gasteiger partial charge in [0.25, 0.3) is 0 Å². The predicted molar refractivity (Wildman–Crippen MR) is 109 cm³/mol. The number of hydrogen-bond donors (Lipinski definition) is 3. The lowest BCUT2D eigenvalue weighted by Crippen LogP contribution is -2.25. The minimum Gasteiger partial charge on any atom is -0.330 e. The fourth-order valence-corrected chi connectivity index (χ4v) is 4.31. The summed E-state index contributed by atoms with van der Waals surface area (Å²) in [5.74, 6) is 1.16. The fourth-order valence-electron chi connectivity index (χ4n) is 4.31. The molecule has 6 nitrogen and oxygen atoms in total. The monoisotopic (exact) mass is 368 g/mol. The number of aromatic nitrogens is 2. The molecule has 4 heterocycles. The van der Waals surface area contributed by atoms with Crippen LogP contribution < -0.4 is 16.8 Å². The SMILES string of the molecule is CN1CC[C@@H](CN)[C@@H]1c1cccnc1.NC[C@H]1CCN[C@@H]1c1cccnc1. The summed E-state index contributed by atoms with van der Waals surface area (Å²) in [6.07, 6.45) is 9.87. The quantitative estimate of drug-likeness (QED) is 0.761. The first-order valence-corrected chi connectivity index (χ1v) is 9.88. The van der Waals surface area contributed by atoms with Gasteiger partial charge in [0.05, 0.1) is 0 Å². The van der Waals surface area contributed by atoms with Crippen LogP contribution in [0.5, 0.6) is 0 Å². The summed E-state index contributed by atoms with van der Waals surface area (Å²) in [6, 6.07) is 9.10. The van der Waals surface area contributed by atoms with Gasteiger partial charge in [0, 0.05) is 36.9 Å². The Morgan fingerprint density at radius 1 is 1.00 bits per heavy atom. The minimum absolute atomic E-state index is 0.415. The van der Waals surface area contributed by atoms with E-state index in [2.05, 4.69) is 39.4 Å². The molecule has 0 spiro atoms. The molecule has 0 aromatic carbocycles. The largest absolute Gasteiger partial charge is 0.330 e. The van der Waals surface area contributed by atoms with Crippen molar-refractivity contribution in [3.05, 3.63) is 60.2 Å². The molecular formula is C21H32N6. The maximum atomic E-state index is 5.78. The second-order valence-corrected chi connectivity index (χ2v) is 7.50. The summed E-state index contributed by atoms with van der Waals surface area (Å²) in [4.78, 5) is 10.7. The maximum absolute atomic E-state index is 5.78. The summed E-state index contributed by atoms with van der Waals surface area (Å²) < 4.78 is 0. The molecule has 2 aliphatic rings. The van der Waals surface area contributed by atoms with Crippen molar-refractivity contribution in [2.24, 2.45) is 23.3 Å². The Labute approximate surface area is 162 Å². The Kier molecular flexibility index (Phi) is 7.29. The van der Waals surface area contributed by atoms with Crippen LogP contribution in [0, 0.1) is 11.8 Å². The Morgan fingerprint density at radius 2 is 1.67 bits per heavy atom. The van der Waals surface area contributed by atoms with Crippen LogP contribution in [0.2, 0.25) is 0 Å². The average Bonchev–Trinajstić information content (AvgIpc) is 3.36. The molecule has 4 atom stereocenters. The van der Waals surface area contributed by atoms with Crippen molar-refractivity contribution in [1.29, 1.82) is 0 Å². The summed E-state index contributed by atoms with van der Waals surface area (Å²) >= 11 is 0. The smallest absolute Gasteiger partial charge is 0.0400 e. The zero-order valence-electron chi connectivity index (χ0n) is 16.2. The molecule has 2 aromatic rings. The average molecular weight is 369 g/mol. The fraction of sp³-hybridized carbons (Fsp3) is 0.524. The molecule has 2 saturated heterocycles. The third kappa shape index (κ3) is 4.90. The number of nitrogens with zero attached hydrogens (tertiary/aromatic N) is 3. The molecule has 27 heavy (non-hydrogen) atoms. The minimum atomic E-state index is 0.415. The number of rotatable bonds is 4. The van der Waals surface area contributed by atoms with Gasteiger partial charge in [0.15, 0.2) is 0 Å². The van der Waals surface area contributed by atoms with Crippen molar-refractivity contribution in [3.8, 4) is 0 Å². The predicted octanol–water partition coefficient (Wildman–Crippen LogP) is 1.72. The lowest BCUT2D eigenvalue weighted by molar-refractivity contribution is 0.279. The normalized spacial score (nSPS) is 28.0. The van der Waals surface area contributed by atoms with Crippen molar-refractivity contribution in [3.63, 3.8) is 0 Å². The number of nitrogens with two attached hydrogens (primary N) is 2. The van der Waals surface area contributed by atoms with Crippen LogP contribution in [-0.2, 0) is 0 Å². The van der Waals surface area contributed by atoms with Gasteiger partial charge in [-0.3, -0.25) is 14.9 Å². The molecule has 4 rings (SSSR count). The van der Waals surface area contributed by atoms with Crippen LogP contribution in [0.15, 0.2) is 49.1 Å². The van der Waals surface area contributed by atoms with Gasteiger partial charge >= 0.3 is 0 Å². The van der Waals surface area contributed by atoms with Crippen molar-refractivity contribution in [2.75, 3.05) is 33.2 Å². The Hall–Kier alpha value is -1.86. The van der Waals surface area contributed by atoms with E-state index in [4.69, 9.17) is 11.5 Å². The van der Waals surface area contributed by atoms with E-state index in [1.54, 1.807) is 6.20 Å². The third-order valence-electron chi connectivity index (χ3n) is 5.80. The second kappa shape index (κ2) is 9.90. The third-order valence-corrected chi connectivity index (χ3v) is 5.80. The van der Waals surface area contributed by atoms with Crippen LogP contribution in [0.4, 0.5) is 0 Å². The molecule has 0 saturated carbocycles. The van der Waals surface area contributed by atoms with Crippen LogP contribution >= 0.6 is 0 Å². The Bertz CT molecular complexity index is 665. The highest BCUT2D eigenvalue weighted by Crippen LogP contribution is 2.34. The van der Waals surface area contributed by atoms with Gasteiger partial charge in [-0.2, -0.15) is 0 Å². The molecule has 2 aliphatic heterocycles. The van der Waals surface area contributed by atoms with Crippen molar-refractivity contribution in [1.82, 2.24) is 20.2 Å². The van der Waals surface area contributed by atoms with E-state index in [9.17, 15) is 0 Å². The Balaban J connectivity index is 0.000000156. The molecule has 6 heteroatoms. The van der Waals surface area contributed by atoms with Gasteiger partial charge in [0.1, 0.15) is 0 Å². The molecule has 2 aromatic heterocycles. The van der Waals surface area contributed by atoms with E-state index in [0.717, 1.165) is 26.2 Å². The van der Waals surface area contributed by atoms with Crippen molar-refractivity contribution < 1.29 is 0 Å². The van der Waals surface area contributed by atoms with Crippen molar-refractivity contribution in [2.45, 2.75) is 24.9 Å². The molecule has 0 radical (unpaired) electrons. The van der Waals surface area contributed by atoms with Crippen LogP contribution in [0.1, 0.15) is 36.1 Å². The van der Waals surface area contributed by atoms with E-state index in [1.165, 1.54) is 24.0 Å². The van der Waals surface area contributed by atoms with Gasteiger partial charge in [-0.05, 0) is 81.2 Å². The highest BCUT2D eigenvalue weighted by molar-refractivity contribution is 5.17. The summed E-state index contributed by atoms with van der Waals surface area (Å²) in [5.41, 5.74) is 14.0. The summed E-state index contributed by atoms with van der Waals surface area (Å²) in [5, 5.41) is 3.45. The molecule has 0 aliphatic carbocycles. The number of pyridine rings is 2. The van der Waals surface area contributed by atoms with E-state index in [-0.39, 0.29) is 0 Å². The molecule has 0 bridgehead atoms. The first-order valence-electron chi connectivity index (χ1n) is 9.88. The number of likely N-dealkylation sites (tertiary alicyclic amines) is 1. The number of hydrogen-bond acceptors (Lipinski definition) is 6. The van der Waals surface area contributed by atoms with E-state index in [1.807, 2.05) is 30.7 Å². The van der Waals surface area contributed by atoms with Gasteiger partial charge in [-0.1, -0.05) is 12.1 Å². The molecule has 2 fully saturated rings. The standard InChI is InChI=1S/C11H17N3.C10H15N3/c1-14-6-4-9(7-12)11(14)10-3-2-5-13-8-10;11-6-8-3-5-13-10(8)9-2-1-4-12-7-9/h2-3,5,8-9,11H,4,6-7,12H2,1H3;1-2,4,7-8,10,13H,3,5-6,11H2/t9-,11+;8-,10+/m01/s1. The lowest BCUT2D eigenvalue weighted by Gasteiger charge is -2.24. The molecule has 146 valence electrons. The maximum Gasteiger partial charge on any atom is 0.0400 e. The first-order chi connectivity index (χ1) is 13.2. The highest BCUT2D eigenvalue weighted by atomic mass is 15.2. The van der Waals surface area contributed by atoms with E-state index >= 15 is 0 Å². The topological polar surface area (TPSA) is 93.1 Å². The Morgan fingerprint density at radius 3 is 2.26 bits per heavy atom. The van der Waals surface area contributed by atoms with Crippen LogP contribution in [-0.4, -0.2) is 48.1 Å². The van der Waals surface area contributed by atoms with E-state index < -0.39 is 0 Å². The zero-order valence-corrected chi connectivity index (χ0v) is 16.2. The first kappa shape index (κ1) is 19.9. The summed E-state index contributed by atoms with van der Waals surface area (Å²) in [7, 11) is 2.16. The summed E-state index contributed by atoms with van der Waals surface area (Å²) in [6.45, 7) is 3.74. The number of nitrogens with one attached hydrogen (secondary N) is 1. The van der Waals surface area contributed by atoms with E-state index in [0.29, 0.717) is 23.9 Å². The lowest BCUT2D eigenvalue weighted by atomic mass is 9.95. The second-order valence-electron chi connectivity index (χ2n) is 7.50. The molecular weight excluding hydrogens is 336 g/mol. The van der Waals surface area contributed by atoms with Gasteiger partial charge in [-0.25, -0.2) is 0 Å². The highest BCUT2D eigenvalue weighted by Gasteiger charge is 2.31. The van der Waals surface area contributed by atoms with Gasteiger partial charge in [0.2, 0.25) is 0 Å². The molecule has 5 N–H and O–H groups in total. The van der Waals surface area contributed by atoms with Crippen molar-refractivity contribution >= 4 is 0 Å². The molecule has 0 amide bonds.